The van der Waals surface area contributed by atoms with Crippen LogP contribution in [0.15, 0.2) is 23.1 Å². The molecule has 0 spiro atoms. The molecule has 0 saturated heterocycles. The first-order valence-corrected chi connectivity index (χ1v) is 7.39. The van der Waals surface area contributed by atoms with Crippen LogP contribution >= 0.6 is 12.6 Å². The number of unbranched alkanes of at least 4 members (excludes halogenated alkanes) is 2. The molecule has 0 radical (unpaired) electrons. The minimum atomic E-state index is -0.162. The highest BCUT2D eigenvalue weighted by molar-refractivity contribution is 7.80. The van der Waals surface area contributed by atoms with E-state index in [4.69, 9.17) is 4.74 Å². The number of amides is 2. The van der Waals surface area contributed by atoms with Gasteiger partial charge in [0.05, 0.1) is 12.7 Å². The van der Waals surface area contributed by atoms with Crippen LogP contribution in [0.2, 0.25) is 0 Å². The zero-order chi connectivity index (χ0) is 15.7. The van der Waals surface area contributed by atoms with Crippen LogP contribution in [0.4, 0.5) is 0 Å². The molecule has 0 saturated carbocycles. The van der Waals surface area contributed by atoms with E-state index < -0.39 is 0 Å². The van der Waals surface area contributed by atoms with Crippen molar-refractivity contribution in [3.05, 3.63) is 23.8 Å². The Labute approximate surface area is 130 Å². The number of carbonyl (C=O) groups excluding carboxylic acids is 2. The third kappa shape index (κ3) is 6.08. The fourth-order valence-corrected chi connectivity index (χ4v) is 2.07. The van der Waals surface area contributed by atoms with Crippen molar-refractivity contribution in [3.8, 4) is 5.75 Å². The molecule has 0 unspecified atom stereocenters. The highest BCUT2D eigenvalue weighted by atomic mass is 32.1. The summed E-state index contributed by atoms with van der Waals surface area (Å²) in [6.45, 7) is 0.580. The number of methoxy groups -OCH3 is 1. The first-order valence-electron chi connectivity index (χ1n) is 6.94. The van der Waals surface area contributed by atoms with Crippen molar-refractivity contribution < 1.29 is 14.3 Å². The summed E-state index contributed by atoms with van der Waals surface area (Å²) in [5.41, 5.74) is 0.503. The lowest BCUT2D eigenvalue weighted by atomic mass is 10.1. The standard InChI is InChI=1S/C15H22N2O3S/c1-16-14(18)6-4-3-5-9-17-15(19)12-10-11(20-2)7-8-13(12)21/h7-8,10,21H,3-6,9H2,1-2H3,(H,16,18)(H,17,19). The number of carbonyl (C=O) groups is 2. The van der Waals surface area contributed by atoms with Gasteiger partial charge in [0.1, 0.15) is 5.75 Å². The van der Waals surface area contributed by atoms with Gasteiger partial charge < -0.3 is 15.4 Å². The second-order valence-electron chi connectivity index (χ2n) is 4.62. The Morgan fingerprint density at radius 1 is 1.24 bits per heavy atom. The summed E-state index contributed by atoms with van der Waals surface area (Å²) in [7, 11) is 3.19. The van der Waals surface area contributed by atoms with E-state index in [9.17, 15) is 9.59 Å². The summed E-state index contributed by atoms with van der Waals surface area (Å²) < 4.78 is 5.10. The van der Waals surface area contributed by atoms with Crippen molar-refractivity contribution in [2.45, 2.75) is 30.6 Å². The van der Waals surface area contributed by atoms with Gasteiger partial charge in [-0.25, -0.2) is 0 Å². The molecule has 1 aromatic rings. The Kier molecular flexibility index (Phi) is 7.68. The van der Waals surface area contributed by atoms with Gasteiger partial charge in [0.2, 0.25) is 5.91 Å². The van der Waals surface area contributed by atoms with Gasteiger partial charge in [-0.1, -0.05) is 6.42 Å². The van der Waals surface area contributed by atoms with Crippen molar-refractivity contribution in [2.75, 3.05) is 20.7 Å². The largest absolute Gasteiger partial charge is 0.497 e. The summed E-state index contributed by atoms with van der Waals surface area (Å²) in [5.74, 6) is 0.517. The maximum atomic E-state index is 12.0. The number of hydrogen-bond acceptors (Lipinski definition) is 4. The topological polar surface area (TPSA) is 67.4 Å². The molecule has 0 heterocycles. The van der Waals surface area contributed by atoms with Crippen molar-refractivity contribution in [1.82, 2.24) is 10.6 Å². The zero-order valence-electron chi connectivity index (χ0n) is 12.4. The number of nitrogens with one attached hydrogen (secondary N) is 2. The third-order valence-corrected chi connectivity index (χ3v) is 3.48. The summed E-state index contributed by atoms with van der Waals surface area (Å²) in [5, 5.41) is 5.43. The van der Waals surface area contributed by atoms with E-state index in [1.165, 1.54) is 0 Å². The van der Waals surface area contributed by atoms with E-state index in [0.29, 0.717) is 29.2 Å². The van der Waals surface area contributed by atoms with Crippen LogP contribution in [-0.2, 0) is 4.79 Å². The van der Waals surface area contributed by atoms with Crippen LogP contribution in [0, 0.1) is 0 Å². The van der Waals surface area contributed by atoms with Crippen LogP contribution in [0.25, 0.3) is 0 Å². The molecule has 0 fully saturated rings. The average Bonchev–Trinajstić information content (AvgIpc) is 2.50. The predicted octanol–water partition coefficient (Wildman–Crippen LogP) is 2.02. The lowest BCUT2D eigenvalue weighted by Crippen LogP contribution is -2.25. The van der Waals surface area contributed by atoms with Crippen LogP contribution in [-0.4, -0.2) is 32.5 Å². The first-order chi connectivity index (χ1) is 10.1. The molecule has 0 aliphatic carbocycles. The van der Waals surface area contributed by atoms with Crippen LogP contribution < -0.4 is 15.4 Å². The Morgan fingerprint density at radius 2 is 2.00 bits per heavy atom. The molecule has 6 heteroatoms. The SMILES string of the molecule is CNC(=O)CCCCCNC(=O)c1cc(OC)ccc1S. The molecule has 1 rings (SSSR count). The molecule has 116 valence electrons. The van der Waals surface area contributed by atoms with Crippen molar-refractivity contribution >= 4 is 24.4 Å². The summed E-state index contributed by atoms with van der Waals surface area (Å²) >= 11 is 4.27. The van der Waals surface area contributed by atoms with Crippen molar-refractivity contribution in [1.29, 1.82) is 0 Å². The van der Waals surface area contributed by atoms with Crippen LogP contribution in [0.5, 0.6) is 5.75 Å². The van der Waals surface area contributed by atoms with E-state index in [-0.39, 0.29) is 11.8 Å². The molecule has 0 atom stereocenters. The van der Waals surface area contributed by atoms with Crippen LogP contribution in [0.3, 0.4) is 0 Å². The molecule has 2 N–H and O–H groups in total. The zero-order valence-corrected chi connectivity index (χ0v) is 13.3. The molecule has 2 amide bonds. The van der Waals surface area contributed by atoms with E-state index in [2.05, 4.69) is 23.3 Å². The normalized spacial score (nSPS) is 10.0. The highest BCUT2D eigenvalue weighted by Crippen LogP contribution is 2.20. The maximum Gasteiger partial charge on any atom is 0.252 e. The molecule has 0 aliphatic rings. The van der Waals surface area contributed by atoms with Crippen LogP contribution in [0.1, 0.15) is 36.0 Å². The summed E-state index contributed by atoms with van der Waals surface area (Å²) in [6, 6.07) is 5.17. The molecule has 1 aromatic carbocycles. The maximum absolute atomic E-state index is 12.0. The van der Waals surface area contributed by atoms with E-state index in [0.717, 1.165) is 19.3 Å². The molecular weight excluding hydrogens is 288 g/mol. The highest BCUT2D eigenvalue weighted by Gasteiger charge is 2.10. The fourth-order valence-electron chi connectivity index (χ4n) is 1.83. The molecule has 0 aliphatic heterocycles. The minimum absolute atomic E-state index is 0.0510. The lowest BCUT2D eigenvalue weighted by molar-refractivity contribution is -0.120. The van der Waals surface area contributed by atoms with Gasteiger partial charge in [-0.15, -0.1) is 12.6 Å². The number of benzene rings is 1. The summed E-state index contributed by atoms with van der Waals surface area (Å²) in [4.78, 5) is 23.7. The first kappa shape index (κ1) is 17.4. The Hall–Kier alpha value is -1.69. The average molecular weight is 310 g/mol. The Balaban J connectivity index is 2.32. The van der Waals surface area contributed by atoms with Gasteiger partial charge >= 0.3 is 0 Å². The second kappa shape index (κ2) is 9.28. The van der Waals surface area contributed by atoms with Crippen molar-refractivity contribution in [2.24, 2.45) is 0 Å². The Bertz CT molecular complexity index is 492. The van der Waals surface area contributed by atoms with E-state index in [1.54, 1.807) is 32.4 Å². The number of ether oxygens (including phenoxy) is 1. The Morgan fingerprint density at radius 3 is 2.67 bits per heavy atom. The number of rotatable bonds is 8. The van der Waals surface area contributed by atoms with Gasteiger partial charge in [-0.2, -0.15) is 0 Å². The minimum Gasteiger partial charge on any atom is -0.497 e. The van der Waals surface area contributed by atoms with Gasteiger partial charge in [-0.05, 0) is 31.0 Å². The molecule has 21 heavy (non-hydrogen) atoms. The van der Waals surface area contributed by atoms with Gasteiger partial charge in [-0.3, -0.25) is 9.59 Å². The van der Waals surface area contributed by atoms with E-state index in [1.807, 2.05) is 0 Å². The molecular formula is C15H22N2O3S. The predicted molar refractivity (Wildman–Crippen MR) is 85.1 cm³/mol. The van der Waals surface area contributed by atoms with Gasteiger partial charge in [0, 0.05) is 24.9 Å². The smallest absolute Gasteiger partial charge is 0.252 e. The molecule has 0 bridgehead atoms. The third-order valence-electron chi connectivity index (χ3n) is 3.09. The number of thiol groups is 1. The van der Waals surface area contributed by atoms with Gasteiger partial charge in [0.25, 0.3) is 5.91 Å². The molecule has 5 nitrogen and oxygen atoms in total. The number of hydrogen-bond donors (Lipinski definition) is 3. The lowest BCUT2D eigenvalue weighted by Gasteiger charge is -2.09. The fraction of sp³-hybridized carbons (Fsp3) is 0.467. The molecule has 0 aromatic heterocycles. The second-order valence-corrected chi connectivity index (χ2v) is 5.10. The van der Waals surface area contributed by atoms with Crippen molar-refractivity contribution in [3.63, 3.8) is 0 Å². The quantitative estimate of drug-likeness (QED) is 0.508. The van der Waals surface area contributed by atoms with E-state index >= 15 is 0 Å². The van der Waals surface area contributed by atoms with Gasteiger partial charge in [0.15, 0.2) is 0 Å². The monoisotopic (exact) mass is 310 g/mol. The summed E-state index contributed by atoms with van der Waals surface area (Å²) in [6.07, 6.45) is 3.10.